The third kappa shape index (κ3) is 2.50. The van der Waals surface area contributed by atoms with Crippen LogP contribution in [0.15, 0.2) is 24.3 Å². The number of amides is 2. The molecule has 7 nitrogen and oxygen atoms in total. The van der Waals surface area contributed by atoms with E-state index < -0.39 is 17.6 Å². The van der Waals surface area contributed by atoms with Crippen LogP contribution in [0.25, 0.3) is 0 Å². The maximum absolute atomic E-state index is 12.7. The van der Waals surface area contributed by atoms with Gasteiger partial charge < -0.3 is 14.7 Å². The van der Waals surface area contributed by atoms with Gasteiger partial charge in [-0.15, -0.1) is 0 Å². The van der Waals surface area contributed by atoms with Gasteiger partial charge in [0, 0.05) is 6.54 Å². The number of likely N-dealkylation sites (tertiary alicyclic amines) is 1. The molecule has 0 saturated carbocycles. The van der Waals surface area contributed by atoms with Crippen molar-refractivity contribution in [3.63, 3.8) is 0 Å². The third-order valence-corrected chi connectivity index (χ3v) is 4.77. The minimum Gasteiger partial charge on any atom is -0.480 e. The minimum atomic E-state index is -1.21. The Hall–Kier alpha value is -2.57. The predicted molar refractivity (Wildman–Crippen MR) is 85.9 cm³/mol. The van der Waals surface area contributed by atoms with Crippen LogP contribution in [-0.2, 0) is 14.4 Å². The van der Waals surface area contributed by atoms with Crippen molar-refractivity contribution < 1.29 is 24.2 Å². The highest BCUT2D eigenvalue weighted by Crippen LogP contribution is 2.35. The first-order valence-electron chi connectivity index (χ1n) is 7.95. The molecule has 0 bridgehead atoms. The lowest BCUT2D eigenvalue weighted by Crippen LogP contribution is -2.55. The molecule has 3 rings (SSSR count). The molecule has 1 N–H and O–H groups in total. The highest BCUT2D eigenvalue weighted by atomic mass is 16.5. The summed E-state index contributed by atoms with van der Waals surface area (Å²) in [6.07, 6.45) is 0.369. The molecule has 1 aromatic carbocycles. The third-order valence-electron chi connectivity index (χ3n) is 4.77. The summed E-state index contributed by atoms with van der Waals surface area (Å²) in [6.45, 7) is 3.38. The molecule has 2 aliphatic heterocycles. The van der Waals surface area contributed by atoms with Crippen LogP contribution in [0.5, 0.6) is 5.75 Å². The zero-order chi connectivity index (χ0) is 17.5. The Labute approximate surface area is 139 Å². The Morgan fingerprint density at radius 1 is 1.38 bits per heavy atom. The van der Waals surface area contributed by atoms with Crippen LogP contribution in [0.4, 0.5) is 5.69 Å². The molecule has 1 fully saturated rings. The van der Waals surface area contributed by atoms with Gasteiger partial charge >= 0.3 is 5.97 Å². The zero-order valence-corrected chi connectivity index (χ0v) is 13.7. The first-order valence-corrected chi connectivity index (χ1v) is 7.95. The number of aliphatic carboxylic acids is 1. The molecule has 2 heterocycles. The van der Waals surface area contributed by atoms with E-state index in [-0.39, 0.29) is 18.4 Å². The van der Waals surface area contributed by atoms with Crippen molar-refractivity contribution in [1.29, 1.82) is 0 Å². The Morgan fingerprint density at radius 3 is 2.79 bits per heavy atom. The Bertz CT molecular complexity index is 704. The number of carbonyl (C=O) groups excluding carboxylic acids is 2. The fraction of sp³-hybridized carbons (Fsp3) is 0.471. The molecule has 1 saturated heterocycles. The van der Waals surface area contributed by atoms with E-state index in [1.807, 2.05) is 0 Å². The van der Waals surface area contributed by atoms with Crippen molar-refractivity contribution in [2.45, 2.75) is 38.3 Å². The van der Waals surface area contributed by atoms with Crippen molar-refractivity contribution >= 4 is 23.5 Å². The summed E-state index contributed by atoms with van der Waals surface area (Å²) >= 11 is 0. The number of hydrogen-bond acceptors (Lipinski definition) is 4. The second kappa shape index (κ2) is 5.81. The van der Waals surface area contributed by atoms with Gasteiger partial charge in [-0.2, -0.15) is 0 Å². The lowest BCUT2D eigenvalue weighted by molar-refractivity contribution is -0.154. The van der Waals surface area contributed by atoms with Crippen LogP contribution in [0.3, 0.4) is 0 Å². The summed E-state index contributed by atoms with van der Waals surface area (Å²) in [5.41, 5.74) is -0.678. The topological polar surface area (TPSA) is 87.2 Å². The lowest BCUT2D eigenvalue weighted by atomic mass is 9.99. The van der Waals surface area contributed by atoms with Gasteiger partial charge in [0.15, 0.2) is 6.10 Å². The summed E-state index contributed by atoms with van der Waals surface area (Å²) in [4.78, 5) is 39.5. The predicted octanol–water partition coefficient (Wildman–Crippen LogP) is 1.27. The quantitative estimate of drug-likeness (QED) is 0.900. The smallest absolute Gasteiger partial charge is 0.329 e. The Morgan fingerprint density at radius 2 is 2.08 bits per heavy atom. The van der Waals surface area contributed by atoms with Gasteiger partial charge in [0.2, 0.25) is 5.91 Å². The van der Waals surface area contributed by atoms with Gasteiger partial charge in [0.05, 0.1) is 5.69 Å². The molecule has 1 aromatic rings. The highest BCUT2D eigenvalue weighted by Gasteiger charge is 2.46. The molecule has 24 heavy (non-hydrogen) atoms. The molecule has 2 atom stereocenters. The second-order valence-electron chi connectivity index (χ2n) is 6.38. The maximum Gasteiger partial charge on any atom is 0.329 e. The average Bonchev–Trinajstić information content (AvgIpc) is 2.95. The highest BCUT2D eigenvalue weighted by molar-refractivity contribution is 6.04. The van der Waals surface area contributed by atoms with E-state index in [0.717, 1.165) is 0 Å². The number of hydrogen-bond donors (Lipinski definition) is 1. The van der Waals surface area contributed by atoms with Gasteiger partial charge in [-0.05, 0) is 38.8 Å². The largest absolute Gasteiger partial charge is 0.480 e. The molecule has 0 spiro atoms. The van der Waals surface area contributed by atoms with E-state index in [9.17, 15) is 19.5 Å². The van der Waals surface area contributed by atoms with Crippen LogP contribution >= 0.6 is 0 Å². The zero-order valence-electron chi connectivity index (χ0n) is 13.7. The molecular formula is C17H20N2O5. The van der Waals surface area contributed by atoms with Crippen LogP contribution in [0.2, 0.25) is 0 Å². The molecule has 7 heteroatoms. The second-order valence-corrected chi connectivity index (χ2v) is 6.38. The number of carbonyl (C=O) groups is 3. The normalized spacial score (nSPS) is 26.1. The van der Waals surface area contributed by atoms with Gasteiger partial charge in [-0.3, -0.25) is 14.5 Å². The number of carboxylic acid groups (broad SMARTS) is 1. The van der Waals surface area contributed by atoms with Crippen LogP contribution < -0.4 is 9.64 Å². The fourth-order valence-corrected chi connectivity index (χ4v) is 3.33. The monoisotopic (exact) mass is 332 g/mol. The molecular weight excluding hydrogens is 312 g/mol. The van der Waals surface area contributed by atoms with Gasteiger partial charge in [-0.25, -0.2) is 4.79 Å². The molecule has 128 valence electrons. The van der Waals surface area contributed by atoms with Gasteiger partial charge in [0.25, 0.3) is 5.91 Å². The molecule has 2 amide bonds. The molecule has 0 aliphatic carbocycles. The fourth-order valence-electron chi connectivity index (χ4n) is 3.33. The number of carboxylic acids is 1. The summed E-state index contributed by atoms with van der Waals surface area (Å²) in [5, 5.41) is 9.46. The van der Waals surface area contributed by atoms with Crippen molar-refractivity contribution in [3.8, 4) is 5.75 Å². The van der Waals surface area contributed by atoms with Crippen LogP contribution in [0, 0.1) is 0 Å². The molecule has 0 radical (unpaired) electrons. The Balaban J connectivity index is 1.86. The van der Waals surface area contributed by atoms with Crippen molar-refractivity contribution in [2.24, 2.45) is 0 Å². The lowest BCUT2D eigenvalue weighted by Gasteiger charge is -2.36. The molecule has 2 unspecified atom stereocenters. The number of para-hydroxylation sites is 2. The number of rotatable bonds is 3. The van der Waals surface area contributed by atoms with E-state index in [1.54, 1.807) is 38.1 Å². The summed E-state index contributed by atoms with van der Waals surface area (Å²) in [6, 6.07) is 7.02. The van der Waals surface area contributed by atoms with Crippen molar-refractivity contribution in [1.82, 2.24) is 4.90 Å². The minimum absolute atomic E-state index is 0.188. The van der Waals surface area contributed by atoms with Crippen molar-refractivity contribution in [3.05, 3.63) is 24.3 Å². The standard InChI is InChI=1S/C17H20N2O5/c1-11-15(21)18(12-6-3-4-7-13(12)24-11)10-14(20)19-9-5-8-17(19,2)16(22)23/h3-4,6-7,11H,5,8-10H2,1-2H3,(H,22,23). The number of ether oxygens (including phenoxy) is 1. The van der Waals surface area contributed by atoms with E-state index in [4.69, 9.17) is 4.74 Å². The maximum atomic E-state index is 12.7. The Kier molecular flexibility index (Phi) is 3.95. The summed E-state index contributed by atoms with van der Waals surface area (Å²) in [7, 11) is 0. The number of fused-ring (bicyclic) bond motifs is 1. The summed E-state index contributed by atoms with van der Waals surface area (Å²) in [5.74, 6) is -1.15. The number of benzene rings is 1. The van der Waals surface area contributed by atoms with E-state index in [1.165, 1.54) is 9.80 Å². The van der Waals surface area contributed by atoms with Crippen molar-refractivity contribution in [2.75, 3.05) is 18.0 Å². The molecule has 0 aromatic heterocycles. The number of anilines is 1. The first kappa shape index (κ1) is 16.3. The summed E-state index contributed by atoms with van der Waals surface area (Å²) < 4.78 is 5.55. The van der Waals surface area contributed by atoms with Gasteiger partial charge in [-0.1, -0.05) is 12.1 Å². The van der Waals surface area contributed by atoms with Crippen LogP contribution in [0.1, 0.15) is 26.7 Å². The van der Waals surface area contributed by atoms with Crippen LogP contribution in [-0.4, -0.2) is 52.5 Å². The van der Waals surface area contributed by atoms with Gasteiger partial charge in [0.1, 0.15) is 17.8 Å². The first-order chi connectivity index (χ1) is 11.3. The molecule has 2 aliphatic rings. The van der Waals surface area contributed by atoms with E-state index in [2.05, 4.69) is 0 Å². The average molecular weight is 332 g/mol. The SMILES string of the molecule is CC1Oc2ccccc2N(CC(=O)N2CCCC2(C)C(=O)O)C1=O. The van der Waals surface area contributed by atoms with E-state index >= 15 is 0 Å². The number of nitrogens with zero attached hydrogens (tertiary/aromatic N) is 2. The van der Waals surface area contributed by atoms with E-state index in [0.29, 0.717) is 30.8 Å².